The third kappa shape index (κ3) is 6.02. The molecule has 0 atom stereocenters. The quantitative estimate of drug-likeness (QED) is 0.643. The van der Waals surface area contributed by atoms with E-state index in [1.165, 1.54) is 5.56 Å². The van der Waals surface area contributed by atoms with Crippen LogP contribution in [0.5, 0.6) is 5.75 Å². The van der Waals surface area contributed by atoms with Gasteiger partial charge in [0.15, 0.2) is 0 Å². The summed E-state index contributed by atoms with van der Waals surface area (Å²) in [4.78, 5) is 0. The zero-order valence-electron chi connectivity index (χ0n) is 10.8. The van der Waals surface area contributed by atoms with Crippen molar-refractivity contribution in [2.45, 2.75) is 33.6 Å². The maximum Gasteiger partial charge on any atom is 0.397 e. The molecule has 96 valence electrons. The number of rotatable bonds is 8. The van der Waals surface area contributed by atoms with E-state index >= 15 is 0 Å². The van der Waals surface area contributed by atoms with Crippen molar-refractivity contribution in [2.24, 2.45) is 0 Å². The van der Waals surface area contributed by atoms with Crippen LogP contribution in [-0.4, -0.2) is 13.2 Å². The molecule has 0 saturated carbocycles. The number of benzene rings is 1. The van der Waals surface area contributed by atoms with E-state index in [4.69, 9.17) is 13.6 Å². The molecule has 0 aliphatic heterocycles. The van der Waals surface area contributed by atoms with Crippen LogP contribution in [0.25, 0.3) is 0 Å². The van der Waals surface area contributed by atoms with Crippen LogP contribution in [0.3, 0.4) is 0 Å². The largest absolute Gasteiger partial charge is 0.427 e. The molecular formula is C13H21O3P. The lowest BCUT2D eigenvalue weighted by Crippen LogP contribution is -1.99. The highest BCUT2D eigenvalue weighted by molar-refractivity contribution is 7.42. The van der Waals surface area contributed by atoms with Gasteiger partial charge in [-0.25, -0.2) is 0 Å². The summed E-state index contributed by atoms with van der Waals surface area (Å²) in [7, 11) is -1.26. The lowest BCUT2D eigenvalue weighted by Gasteiger charge is -2.16. The second-order valence-electron chi connectivity index (χ2n) is 3.79. The van der Waals surface area contributed by atoms with Crippen molar-refractivity contribution < 1.29 is 13.6 Å². The van der Waals surface area contributed by atoms with Crippen molar-refractivity contribution in [1.29, 1.82) is 0 Å². The van der Waals surface area contributed by atoms with Gasteiger partial charge in [-0.05, 0) is 31.9 Å². The summed E-state index contributed by atoms with van der Waals surface area (Å²) < 4.78 is 16.8. The van der Waals surface area contributed by atoms with Crippen LogP contribution < -0.4 is 4.52 Å². The van der Waals surface area contributed by atoms with Crippen molar-refractivity contribution in [1.82, 2.24) is 0 Å². The van der Waals surface area contributed by atoms with Gasteiger partial charge in [-0.3, -0.25) is 0 Å². The lowest BCUT2D eigenvalue weighted by atomic mass is 10.2. The summed E-state index contributed by atoms with van der Waals surface area (Å²) in [6.07, 6.45) is 1.93. The zero-order valence-corrected chi connectivity index (χ0v) is 11.7. The molecule has 0 aromatic heterocycles. The van der Waals surface area contributed by atoms with Gasteiger partial charge in [0.05, 0.1) is 13.2 Å². The van der Waals surface area contributed by atoms with Gasteiger partial charge in [0.2, 0.25) is 0 Å². The molecule has 1 aromatic carbocycles. The van der Waals surface area contributed by atoms with Gasteiger partial charge in [0, 0.05) is 0 Å². The van der Waals surface area contributed by atoms with Gasteiger partial charge >= 0.3 is 8.60 Å². The van der Waals surface area contributed by atoms with Crippen LogP contribution in [-0.2, 0) is 9.05 Å². The Balaban J connectivity index is 2.48. The topological polar surface area (TPSA) is 27.7 Å². The fourth-order valence-electron chi connectivity index (χ4n) is 1.11. The summed E-state index contributed by atoms with van der Waals surface area (Å²) in [5.74, 6) is 0.800. The number of hydrogen-bond donors (Lipinski definition) is 0. The summed E-state index contributed by atoms with van der Waals surface area (Å²) in [5.41, 5.74) is 1.21. The van der Waals surface area contributed by atoms with E-state index in [0.29, 0.717) is 13.2 Å². The van der Waals surface area contributed by atoms with E-state index < -0.39 is 8.60 Å². The van der Waals surface area contributed by atoms with Crippen LogP contribution >= 0.6 is 8.60 Å². The van der Waals surface area contributed by atoms with E-state index in [2.05, 4.69) is 13.8 Å². The Kier molecular flexibility index (Phi) is 7.18. The number of aryl methyl sites for hydroxylation is 1. The van der Waals surface area contributed by atoms with Crippen molar-refractivity contribution in [3.05, 3.63) is 29.8 Å². The average Bonchev–Trinajstić information content (AvgIpc) is 2.35. The van der Waals surface area contributed by atoms with Gasteiger partial charge in [-0.1, -0.05) is 31.5 Å². The van der Waals surface area contributed by atoms with Crippen molar-refractivity contribution in [3.8, 4) is 5.75 Å². The fourth-order valence-corrected chi connectivity index (χ4v) is 2.24. The summed E-state index contributed by atoms with van der Waals surface area (Å²) >= 11 is 0. The zero-order chi connectivity index (χ0) is 12.5. The predicted molar refractivity (Wildman–Crippen MR) is 71.2 cm³/mol. The van der Waals surface area contributed by atoms with Gasteiger partial charge in [-0.15, -0.1) is 0 Å². The second kappa shape index (κ2) is 8.46. The Morgan fingerprint density at radius 3 is 1.94 bits per heavy atom. The van der Waals surface area contributed by atoms with Gasteiger partial charge in [-0.2, -0.15) is 0 Å². The van der Waals surface area contributed by atoms with E-state index in [9.17, 15) is 0 Å². The first-order chi connectivity index (χ1) is 8.26. The highest BCUT2D eigenvalue weighted by Crippen LogP contribution is 2.40. The lowest BCUT2D eigenvalue weighted by molar-refractivity contribution is 0.205. The van der Waals surface area contributed by atoms with E-state index in [-0.39, 0.29) is 0 Å². The molecule has 0 N–H and O–H groups in total. The Morgan fingerprint density at radius 2 is 1.47 bits per heavy atom. The minimum Gasteiger partial charge on any atom is -0.427 e. The first-order valence-electron chi connectivity index (χ1n) is 6.06. The molecule has 0 unspecified atom stereocenters. The van der Waals surface area contributed by atoms with Crippen LogP contribution in [0.4, 0.5) is 0 Å². The molecule has 0 radical (unpaired) electrons. The SMILES string of the molecule is CCCOP(OCCC)Oc1ccc(C)cc1. The minimum atomic E-state index is -1.26. The standard InChI is InChI=1S/C13H21O3P/c1-4-10-14-17(15-11-5-2)16-13-8-6-12(3)7-9-13/h6-9H,4-5,10-11H2,1-3H3. The summed E-state index contributed by atoms with van der Waals surface area (Å²) in [5, 5.41) is 0. The highest BCUT2D eigenvalue weighted by atomic mass is 31.2. The molecule has 0 aliphatic rings. The molecule has 0 spiro atoms. The van der Waals surface area contributed by atoms with Crippen LogP contribution in [0.15, 0.2) is 24.3 Å². The minimum absolute atomic E-state index is 0.668. The molecule has 0 fully saturated rings. The molecule has 1 rings (SSSR count). The maximum absolute atomic E-state index is 5.69. The van der Waals surface area contributed by atoms with Crippen LogP contribution in [0, 0.1) is 6.92 Å². The molecule has 1 aromatic rings. The van der Waals surface area contributed by atoms with Gasteiger partial charge in [0.1, 0.15) is 5.75 Å². The molecule has 0 aliphatic carbocycles. The molecule has 0 heterocycles. The van der Waals surface area contributed by atoms with E-state index in [1.807, 2.05) is 31.2 Å². The molecule has 4 heteroatoms. The monoisotopic (exact) mass is 256 g/mol. The summed E-state index contributed by atoms with van der Waals surface area (Å²) in [6, 6.07) is 7.91. The Morgan fingerprint density at radius 1 is 0.941 bits per heavy atom. The third-order valence-electron chi connectivity index (χ3n) is 2.00. The number of hydrogen-bond acceptors (Lipinski definition) is 3. The normalized spacial score (nSPS) is 10.8. The molecular weight excluding hydrogens is 235 g/mol. The Hall–Kier alpha value is -0.630. The van der Waals surface area contributed by atoms with Gasteiger partial charge in [0.25, 0.3) is 0 Å². The maximum atomic E-state index is 5.69. The fraction of sp³-hybridized carbons (Fsp3) is 0.538. The van der Waals surface area contributed by atoms with Crippen molar-refractivity contribution in [3.63, 3.8) is 0 Å². The Bertz CT molecular complexity index is 292. The first-order valence-corrected chi connectivity index (χ1v) is 7.16. The summed E-state index contributed by atoms with van der Waals surface area (Å²) in [6.45, 7) is 7.52. The molecule has 17 heavy (non-hydrogen) atoms. The predicted octanol–water partition coefficient (Wildman–Crippen LogP) is 4.45. The van der Waals surface area contributed by atoms with Crippen LogP contribution in [0.1, 0.15) is 32.3 Å². The van der Waals surface area contributed by atoms with E-state index in [1.54, 1.807) is 0 Å². The van der Waals surface area contributed by atoms with Crippen molar-refractivity contribution in [2.75, 3.05) is 13.2 Å². The highest BCUT2D eigenvalue weighted by Gasteiger charge is 2.13. The third-order valence-corrected chi connectivity index (χ3v) is 3.15. The molecule has 0 bridgehead atoms. The molecule has 0 saturated heterocycles. The second-order valence-corrected chi connectivity index (χ2v) is 4.94. The smallest absolute Gasteiger partial charge is 0.397 e. The first kappa shape index (κ1) is 14.4. The van der Waals surface area contributed by atoms with Gasteiger partial charge < -0.3 is 13.6 Å². The average molecular weight is 256 g/mol. The van der Waals surface area contributed by atoms with Crippen LogP contribution in [0.2, 0.25) is 0 Å². The van der Waals surface area contributed by atoms with E-state index in [0.717, 1.165) is 18.6 Å². The Labute approximate surface area is 105 Å². The van der Waals surface area contributed by atoms with Crippen molar-refractivity contribution >= 4 is 8.60 Å². The molecule has 3 nitrogen and oxygen atoms in total. The molecule has 0 amide bonds.